The van der Waals surface area contributed by atoms with Crippen LogP contribution in [0.4, 0.5) is 13.2 Å². The molecule has 1 nitrogen and oxygen atoms in total. The van der Waals surface area contributed by atoms with Crippen LogP contribution in [0.2, 0.25) is 10.0 Å². The molecule has 0 bridgehead atoms. The van der Waals surface area contributed by atoms with E-state index in [4.69, 9.17) is 23.2 Å². The Labute approximate surface area is 148 Å². The Kier molecular flexibility index (Phi) is 5.61. The van der Waals surface area contributed by atoms with Crippen molar-refractivity contribution in [2.45, 2.75) is 32.4 Å². The number of benzene rings is 2. The molecule has 0 N–H and O–H groups in total. The monoisotopic (exact) mass is 374 g/mol. The van der Waals surface area contributed by atoms with Crippen LogP contribution in [0.15, 0.2) is 36.4 Å². The van der Waals surface area contributed by atoms with Crippen LogP contribution in [0.5, 0.6) is 0 Å². The fraction of sp³-hybridized carbons (Fsp3) is 0.278. The number of carbonyl (C=O) groups excluding carboxylic acids is 1. The average molecular weight is 375 g/mol. The van der Waals surface area contributed by atoms with Gasteiger partial charge in [-0.25, -0.2) is 0 Å². The van der Waals surface area contributed by atoms with E-state index in [-0.39, 0.29) is 27.0 Å². The second-order valence-electron chi connectivity index (χ2n) is 5.53. The molecule has 24 heavy (non-hydrogen) atoms. The molecule has 2 rings (SSSR count). The zero-order valence-corrected chi connectivity index (χ0v) is 14.6. The van der Waals surface area contributed by atoms with Crippen molar-refractivity contribution in [2.24, 2.45) is 0 Å². The van der Waals surface area contributed by atoms with Crippen molar-refractivity contribution >= 4 is 29.0 Å². The first kappa shape index (κ1) is 18.8. The van der Waals surface area contributed by atoms with Crippen LogP contribution < -0.4 is 0 Å². The average Bonchev–Trinajstić information content (AvgIpc) is 2.45. The van der Waals surface area contributed by atoms with Crippen LogP contribution >= 0.6 is 23.2 Å². The Bertz CT molecular complexity index is 749. The predicted molar refractivity (Wildman–Crippen MR) is 90.6 cm³/mol. The molecule has 0 aliphatic heterocycles. The number of halogens is 5. The Morgan fingerprint density at radius 2 is 1.67 bits per heavy atom. The van der Waals surface area contributed by atoms with E-state index in [1.165, 1.54) is 31.2 Å². The maximum Gasteiger partial charge on any atom is 0.417 e. The van der Waals surface area contributed by atoms with Crippen LogP contribution in [0.25, 0.3) is 11.1 Å². The lowest BCUT2D eigenvalue weighted by Gasteiger charge is -2.18. The molecule has 0 saturated heterocycles. The molecule has 2 aromatic carbocycles. The topological polar surface area (TPSA) is 17.1 Å². The Hall–Kier alpha value is -1.52. The molecule has 2 aromatic rings. The molecule has 0 amide bonds. The van der Waals surface area contributed by atoms with Crippen molar-refractivity contribution in [2.75, 3.05) is 0 Å². The zero-order chi connectivity index (χ0) is 18.1. The summed E-state index contributed by atoms with van der Waals surface area (Å²) in [6.45, 7) is 3.15. The molecular formula is C18H15Cl2F3O. The molecule has 0 aliphatic rings. The molecular weight excluding hydrogens is 360 g/mol. The van der Waals surface area contributed by atoms with Gasteiger partial charge in [0.15, 0.2) is 0 Å². The zero-order valence-electron chi connectivity index (χ0n) is 13.0. The summed E-state index contributed by atoms with van der Waals surface area (Å²) in [5, 5.41) is 0.509. The Morgan fingerprint density at radius 1 is 1.08 bits per heavy atom. The predicted octanol–water partition coefficient (Wildman–Crippen LogP) is 6.76. The molecule has 1 unspecified atom stereocenters. The minimum Gasteiger partial charge on any atom is -0.299 e. The van der Waals surface area contributed by atoms with Gasteiger partial charge in [-0.15, -0.1) is 0 Å². The summed E-state index contributed by atoms with van der Waals surface area (Å²) < 4.78 is 40.6. The largest absolute Gasteiger partial charge is 0.417 e. The highest BCUT2D eigenvalue weighted by molar-refractivity contribution is 6.35. The van der Waals surface area contributed by atoms with Crippen LogP contribution in [-0.4, -0.2) is 5.78 Å². The summed E-state index contributed by atoms with van der Waals surface area (Å²) in [4.78, 5) is 11.7. The van der Waals surface area contributed by atoms with Gasteiger partial charge < -0.3 is 0 Å². The van der Waals surface area contributed by atoms with Gasteiger partial charge in [0.25, 0.3) is 0 Å². The molecule has 0 aliphatic carbocycles. The van der Waals surface area contributed by atoms with Gasteiger partial charge in [-0.1, -0.05) is 42.3 Å². The highest BCUT2D eigenvalue weighted by Crippen LogP contribution is 2.40. The number of hydrogen-bond acceptors (Lipinski definition) is 1. The summed E-state index contributed by atoms with van der Waals surface area (Å²) in [6, 6.07) is 8.28. The van der Waals surface area contributed by atoms with Gasteiger partial charge >= 0.3 is 6.18 Å². The minimum absolute atomic E-state index is 0.0194. The number of ketones is 1. The number of hydrogen-bond donors (Lipinski definition) is 0. The first-order chi connectivity index (χ1) is 11.1. The van der Waals surface area contributed by atoms with E-state index in [1.807, 2.05) is 0 Å². The highest BCUT2D eigenvalue weighted by atomic mass is 35.5. The van der Waals surface area contributed by atoms with E-state index < -0.39 is 17.7 Å². The van der Waals surface area contributed by atoms with Gasteiger partial charge in [-0.3, -0.25) is 4.79 Å². The van der Waals surface area contributed by atoms with Crippen molar-refractivity contribution in [3.8, 4) is 11.1 Å². The summed E-state index contributed by atoms with van der Waals surface area (Å²) in [5.74, 6) is -0.715. The van der Waals surface area contributed by atoms with Gasteiger partial charge in [0.2, 0.25) is 0 Å². The van der Waals surface area contributed by atoms with Gasteiger partial charge in [0.1, 0.15) is 5.78 Å². The molecule has 0 radical (unpaired) electrons. The molecule has 0 spiro atoms. The minimum atomic E-state index is -4.56. The smallest absolute Gasteiger partial charge is 0.299 e. The van der Waals surface area contributed by atoms with Crippen molar-refractivity contribution in [1.29, 1.82) is 0 Å². The molecule has 0 aromatic heterocycles. The molecule has 0 heterocycles. The maximum absolute atomic E-state index is 13.5. The quantitative estimate of drug-likeness (QED) is 0.577. The highest BCUT2D eigenvalue weighted by Gasteiger charge is 2.34. The molecule has 6 heteroatoms. The Balaban J connectivity index is 2.67. The van der Waals surface area contributed by atoms with Crippen molar-refractivity contribution in [3.63, 3.8) is 0 Å². The number of Topliss-reactive ketones (excluding diaryl/α,β-unsaturated/α-hetero) is 1. The summed E-state index contributed by atoms with van der Waals surface area (Å²) >= 11 is 11.8. The summed E-state index contributed by atoms with van der Waals surface area (Å²) in [6.07, 6.45) is -4.12. The molecule has 0 saturated carbocycles. The molecule has 1 atom stereocenters. The van der Waals surface area contributed by atoms with Crippen LogP contribution in [0.1, 0.15) is 37.3 Å². The SMILES string of the molecule is CCC(C(C)=O)c1ccc(-c2cc(Cl)cc(Cl)c2)c(C(F)(F)F)c1. The van der Waals surface area contributed by atoms with Crippen molar-refractivity contribution < 1.29 is 18.0 Å². The van der Waals surface area contributed by atoms with Crippen LogP contribution in [0.3, 0.4) is 0 Å². The molecule has 128 valence electrons. The summed E-state index contributed by atoms with van der Waals surface area (Å²) in [7, 11) is 0. The van der Waals surface area contributed by atoms with E-state index in [0.717, 1.165) is 6.07 Å². The third kappa shape index (κ3) is 4.11. The van der Waals surface area contributed by atoms with Crippen molar-refractivity contribution in [3.05, 3.63) is 57.6 Å². The third-order valence-corrected chi connectivity index (χ3v) is 4.26. The number of rotatable bonds is 4. The fourth-order valence-electron chi connectivity index (χ4n) is 2.73. The lowest BCUT2D eigenvalue weighted by atomic mass is 9.88. The van der Waals surface area contributed by atoms with E-state index in [9.17, 15) is 18.0 Å². The fourth-order valence-corrected chi connectivity index (χ4v) is 3.26. The van der Waals surface area contributed by atoms with Gasteiger partial charge in [-0.05, 0) is 54.3 Å². The lowest BCUT2D eigenvalue weighted by molar-refractivity contribution is -0.137. The third-order valence-electron chi connectivity index (χ3n) is 3.82. The van der Waals surface area contributed by atoms with E-state index >= 15 is 0 Å². The normalized spacial score (nSPS) is 13.0. The first-order valence-corrected chi connectivity index (χ1v) is 8.07. The lowest BCUT2D eigenvalue weighted by Crippen LogP contribution is -2.12. The van der Waals surface area contributed by atoms with Crippen molar-refractivity contribution in [1.82, 2.24) is 0 Å². The second kappa shape index (κ2) is 7.16. The standard InChI is InChI=1S/C18H15Cl2F3O/c1-3-15(10(2)24)11-4-5-16(17(8-11)18(21,22)23)12-6-13(19)9-14(20)7-12/h4-9,15H,3H2,1-2H3. The van der Waals surface area contributed by atoms with Gasteiger partial charge in [-0.2, -0.15) is 13.2 Å². The first-order valence-electron chi connectivity index (χ1n) is 7.31. The second-order valence-corrected chi connectivity index (χ2v) is 6.41. The molecule has 0 fully saturated rings. The van der Waals surface area contributed by atoms with Gasteiger partial charge in [0.05, 0.1) is 5.56 Å². The maximum atomic E-state index is 13.5. The van der Waals surface area contributed by atoms with E-state index in [0.29, 0.717) is 12.0 Å². The van der Waals surface area contributed by atoms with Crippen LogP contribution in [0, 0.1) is 0 Å². The van der Waals surface area contributed by atoms with Gasteiger partial charge in [0, 0.05) is 16.0 Å². The van der Waals surface area contributed by atoms with Crippen LogP contribution in [-0.2, 0) is 11.0 Å². The Morgan fingerprint density at radius 3 is 2.12 bits per heavy atom. The number of alkyl halides is 3. The van der Waals surface area contributed by atoms with E-state index in [1.54, 1.807) is 13.0 Å². The number of carbonyl (C=O) groups is 1. The summed E-state index contributed by atoms with van der Waals surface area (Å²) in [5.41, 5.74) is -0.191. The van der Waals surface area contributed by atoms with E-state index in [2.05, 4.69) is 0 Å².